The Kier molecular flexibility index (Phi) is 2.41. The van der Waals surface area contributed by atoms with Gasteiger partial charge >= 0.3 is 0 Å². The summed E-state index contributed by atoms with van der Waals surface area (Å²) in [6.07, 6.45) is 7.15. The first kappa shape index (κ1) is 9.86. The Hall–Kier alpha value is -1.34. The van der Waals surface area contributed by atoms with Crippen molar-refractivity contribution in [1.29, 1.82) is 0 Å². The van der Waals surface area contributed by atoms with E-state index in [1.807, 2.05) is 0 Å². The van der Waals surface area contributed by atoms with Gasteiger partial charge in [-0.3, -0.25) is 4.90 Å². The number of fused-ring (bicyclic) bond motifs is 3. The molecule has 2 aliphatic rings. The van der Waals surface area contributed by atoms with Gasteiger partial charge in [-0.25, -0.2) is 0 Å². The minimum atomic E-state index is 1.07. The second-order valence-electron chi connectivity index (χ2n) is 4.74. The topological polar surface area (TPSA) is 3.24 Å². The normalized spacial score (nSPS) is 20.3. The first-order chi connectivity index (χ1) is 7.84. The molecule has 0 N–H and O–H groups in total. The van der Waals surface area contributed by atoms with Crippen molar-refractivity contribution in [3.8, 4) is 0 Å². The second kappa shape index (κ2) is 3.91. The highest BCUT2D eigenvalue weighted by molar-refractivity contribution is 5.82. The largest absolute Gasteiger partial charge is 0.298 e. The van der Waals surface area contributed by atoms with Crippen LogP contribution in [0.3, 0.4) is 0 Å². The summed E-state index contributed by atoms with van der Waals surface area (Å²) in [6, 6.07) is 8.84. The monoisotopic (exact) mass is 211 g/mol. The summed E-state index contributed by atoms with van der Waals surface area (Å²) in [5.74, 6) is 0. The number of likely N-dealkylation sites (N-methyl/N-ethyl adjacent to an activating group) is 1. The maximum absolute atomic E-state index is 2.42. The third-order valence-electron chi connectivity index (χ3n) is 3.51. The number of benzene rings is 1. The van der Waals surface area contributed by atoms with Crippen molar-refractivity contribution in [2.45, 2.75) is 12.8 Å². The molecule has 16 heavy (non-hydrogen) atoms. The summed E-state index contributed by atoms with van der Waals surface area (Å²) < 4.78 is 0. The summed E-state index contributed by atoms with van der Waals surface area (Å²) in [7, 11) is 2.19. The maximum atomic E-state index is 2.42. The molecule has 0 radical (unpaired) electrons. The van der Waals surface area contributed by atoms with Gasteiger partial charge < -0.3 is 0 Å². The van der Waals surface area contributed by atoms with Crippen LogP contribution in [0.2, 0.25) is 0 Å². The molecule has 1 aromatic carbocycles. The highest BCUT2D eigenvalue weighted by atomic mass is 15.1. The Morgan fingerprint density at radius 3 is 2.94 bits per heavy atom. The van der Waals surface area contributed by atoms with Gasteiger partial charge in [0, 0.05) is 13.1 Å². The van der Waals surface area contributed by atoms with Gasteiger partial charge in [-0.2, -0.15) is 0 Å². The van der Waals surface area contributed by atoms with Crippen molar-refractivity contribution in [2.24, 2.45) is 0 Å². The van der Waals surface area contributed by atoms with E-state index in [1.54, 1.807) is 0 Å². The summed E-state index contributed by atoms with van der Waals surface area (Å²) in [5.41, 5.74) is 5.95. The van der Waals surface area contributed by atoms with Crippen LogP contribution in [0.4, 0.5) is 0 Å². The molecule has 82 valence electrons. The van der Waals surface area contributed by atoms with E-state index >= 15 is 0 Å². The second-order valence-corrected chi connectivity index (χ2v) is 4.74. The van der Waals surface area contributed by atoms with Crippen LogP contribution in [-0.4, -0.2) is 25.0 Å². The molecule has 0 saturated heterocycles. The van der Waals surface area contributed by atoms with Gasteiger partial charge in [-0.15, -0.1) is 0 Å². The zero-order valence-corrected chi connectivity index (χ0v) is 9.74. The molecule has 0 amide bonds. The lowest BCUT2D eigenvalue weighted by molar-refractivity contribution is 0.399. The summed E-state index contributed by atoms with van der Waals surface area (Å²) in [5, 5.41) is 0. The van der Waals surface area contributed by atoms with E-state index in [0.717, 1.165) is 13.1 Å². The molecule has 1 aromatic rings. The van der Waals surface area contributed by atoms with Crippen molar-refractivity contribution in [2.75, 3.05) is 20.1 Å². The van der Waals surface area contributed by atoms with E-state index in [4.69, 9.17) is 0 Å². The molecular formula is C15H17N. The third-order valence-corrected chi connectivity index (χ3v) is 3.51. The highest BCUT2D eigenvalue weighted by Gasteiger charge is 2.19. The van der Waals surface area contributed by atoms with E-state index in [0.29, 0.717) is 0 Å². The molecule has 1 aliphatic carbocycles. The zero-order chi connectivity index (χ0) is 11.0. The summed E-state index contributed by atoms with van der Waals surface area (Å²) in [6.45, 7) is 2.17. The Morgan fingerprint density at radius 2 is 2.00 bits per heavy atom. The Balaban J connectivity index is 2.13. The molecule has 1 heteroatoms. The van der Waals surface area contributed by atoms with E-state index < -0.39 is 0 Å². The predicted molar refractivity (Wildman–Crippen MR) is 68.3 cm³/mol. The van der Waals surface area contributed by atoms with Gasteiger partial charge in [0.15, 0.2) is 0 Å². The number of nitrogens with zero attached hydrogens (tertiary/aromatic N) is 1. The average molecular weight is 211 g/mol. The van der Waals surface area contributed by atoms with Gasteiger partial charge in [-0.1, -0.05) is 36.4 Å². The molecule has 1 aliphatic heterocycles. The summed E-state index contributed by atoms with van der Waals surface area (Å²) in [4.78, 5) is 2.36. The van der Waals surface area contributed by atoms with Crippen molar-refractivity contribution in [3.05, 3.63) is 53.1 Å². The van der Waals surface area contributed by atoms with Crippen LogP contribution in [0, 0.1) is 0 Å². The van der Waals surface area contributed by atoms with Crippen LogP contribution >= 0.6 is 0 Å². The minimum absolute atomic E-state index is 1.07. The molecule has 3 rings (SSSR count). The lowest BCUT2D eigenvalue weighted by atomic mass is 9.93. The third kappa shape index (κ3) is 1.61. The molecule has 1 nitrogen and oxygen atoms in total. The Morgan fingerprint density at radius 1 is 1.12 bits per heavy atom. The fourth-order valence-corrected chi connectivity index (χ4v) is 2.68. The van der Waals surface area contributed by atoms with Crippen molar-refractivity contribution in [3.63, 3.8) is 0 Å². The van der Waals surface area contributed by atoms with Crippen LogP contribution in [0.1, 0.15) is 17.5 Å². The molecule has 0 spiro atoms. The first-order valence-corrected chi connectivity index (χ1v) is 6.01. The zero-order valence-electron chi connectivity index (χ0n) is 9.74. The first-order valence-electron chi connectivity index (χ1n) is 6.01. The molecular weight excluding hydrogens is 194 g/mol. The van der Waals surface area contributed by atoms with Crippen LogP contribution < -0.4 is 0 Å². The van der Waals surface area contributed by atoms with E-state index in [-0.39, 0.29) is 0 Å². The molecule has 0 bridgehead atoms. The number of hydrogen-bond donors (Lipinski definition) is 0. The predicted octanol–water partition coefficient (Wildman–Crippen LogP) is 2.89. The van der Waals surface area contributed by atoms with Crippen molar-refractivity contribution < 1.29 is 0 Å². The van der Waals surface area contributed by atoms with Gasteiger partial charge in [0.2, 0.25) is 0 Å². The van der Waals surface area contributed by atoms with Gasteiger partial charge in [0.05, 0.1) is 0 Å². The quantitative estimate of drug-likeness (QED) is 0.638. The van der Waals surface area contributed by atoms with E-state index in [2.05, 4.69) is 48.4 Å². The average Bonchev–Trinajstić information content (AvgIpc) is 2.47. The van der Waals surface area contributed by atoms with Crippen LogP contribution in [0.15, 0.2) is 42.0 Å². The SMILES string of the molecule is CN1CC=C2C(=CCCc3ccccc32)C1. The van der Waals surface area contributed by atoms with Crippen LogP contribution in [0.5, 0.6) is 0 Å². The molecule has 0 aromatic heterocycles. The number of hydrogen-bond acceptors (Lipinski definition) is 1. The molecule has 0 fully saturated rings. The molecule has 0 atom stereocenters. The lowest BCUT2D eigenvalue weighted by Gasteiger charge is -2.25. The maximum Gasteiger partial charge on any atom is 0.0236 e. The van der Waals surface area contributed by atoms with Gasteiger partial charge in [-0.05, 0) is 42.2 Å². The lowest BCUT2D eigenvalue weighted by Crippen LogP contribution is -2.25. The van der Waals surface area contributed by atoms with Crippen molar-refractivity contribution >= 4 is 5.57 Å². The van der Waals surface area contributed by atoms with E-state index in [9.17, 15) is 0 Å². The molecule has 1 heterocycles. The van der Waals surface area contributed by atoms with E-state index in [1.165, 1.54) is 35.1 Å². The Bertz CT molecular complexity index is 468. The highest BCUT2D eigenvalue weighted by Crippen LogP contribution is 2.32. The van der Waals surface area contributed by atoms with Crippen LogP contribution in [-0.2, 0) is 6.42 Å². The van der Waals surface area contributed by atoms with Crippen molar-refractivity contribution in [1.82, 2.24) is 4.90 Å². The van der Waals surface area contributed by atoms with Crippen LogP contribution in [0.25, 0.3) is 5.57 Å². The van der Waals surface area contributed by atoms with Gasteiger partial charge in [0.25, 0.3) is 0 Å². The minimum Gasteiger partial charge on any atom is -0.298 e. The van der Waals surface area contributed by atoms with Gasteiger partial charge in [0.1, 0.15) is 0 Å². The number of allylic oxidation sites excluding steroid dienone is 1. The fourth-order valence-electron chi connectivity index (χ4n) is 2.68. The summed E-state index contributed by atoms with van der Waals surface area (Å²) >= 11 is 0. The smallest absolute Gasteiger partial charge is 0.0236 e. The molecule has 0 unspecified atom stereocenters. The fraction of sp³-hybridized carbons (Fsp3) is 0.333. The standard InChI is InChI=1S/C15H17N/c1-16-10-9-15-13(11-16)7-4-6-12-5-2-3-8-14(12)15/h2-3,5,7-9H,4,6,10-11H2,1H3. The Labute approximate surface area is 97.1 Å². The molecule has 0 saturated carbocycles. The number of rotatable bonds is 0. The number of aryl methyl sites for hydroxylation is 1.